The van der Waals surface area contributed by atoms with E-state index in [1.807, 2.05) is 27.8 Å². The van der Waals surface area contributed by atoms with Crippen LogP contribution >= 0.6 is 0 Å². The third-order valence-corrected chi connectivity index (χ3v) is 4.81. The minimum absolute atomic E-state index is 0.192. The molecule has 0 bridgehead atoms. The number of likely N-dealkylation sites (tertiary alicyclic amines) is 1. The monoisotopic (exact) mass is 326 g/mol. The van der Waals surface area contributed by atoms with E-state index in [1.54, 1.807) is 6.20 Å². The number of aromatic nitrogens is 3. The summed E-state index contributed by atoms with van der Waals surface area (Å²) in [5.74, 6) is 0.919. The molecule has 5 heteroatoms. The highest BCUT2D eigenvalue weighted by Crippen LogP contribution is 2.35. The molecule has 0 saturated carbocycles. The molecule has 2 aromatic heterocycles. The Hall–Kier alpha value is -2.17. The summed E-state index contributed by atoms with van der Waals surface area (Å²) in [5.41, 5.74) is 2.45. The molecular formula is C19H26N4O. The Kier molecular flexibility index (Phi) is 4.69. The van der Waals surface area contributed by atoms with Crippen molar-refractivity contribution in [2.24, 2.45) is 5.41 Å². The lowest BCUT2D eigenvalue weighted by Crippen LogP contribution is -2.44. The van der Waals surface area contributed by atoms with Gasteiger partial charge in [0, 0.05) is 31.6 Å². The number of imidazole rings is 1. The van der Waals surface area contributed by atoms with Gasteiger partial charge < -0.3 is 4.90 Å². The summed E-state index contributed by atoms with van der Waals surface area (Å²) in [4.78, 5) is 23.1. The SMILES string of the molecule is CC(C)=CCC[C@]1(C)CCC(=O)N(Cc2cn3cccnc3n2)C1. The smallest absolute Gasteiger partial charge is 0.233 e. The van der Waals surface area contributed by atoms with Crippen LogP contribution in [0.2, 0.25) is 0 Å². The Labute approximate surface area is 143 Å². The van der Waals surface area contributed by atoms with Crippen LogP contribution in [0.5, 0.6) is 0 Å². The van der Waals surface area contributed by atoms with Crippen LogP contribution < -0.4 is 0 Å². The van der Waals surface area contributed by atoms with Crippen molar-refractivity contribution < 1.29 is 4.79 Å². The maximum absolute atomic E-state index is 12.3. The molecule has 1 amide bonds. The fourth-order valence-corrected chi connectivity index (χ4v) is 3.40. The van der Waals surface area contributed by atoms with E-state index in [1.165, 1.54) is 5.57 Å². The summed E-state index contributed by atoms with van der Waals surface area (Å²) in [6, 6.07) is 1.88. The molecule has 1 fully saturated rings. The molecule has 128 valence electrons. The van der Waals surface area contributed by atoms with Crippen LogP contribution in [0.15, 0.2) is 36.3 Å². The van der Waals surface area contributed by atoms with Gasteiger partial charge in [0.05, 0.1) is 12.2 Å². The van der Waals surface area contributed by atoms with Crippen molar-refractivity contribution in [3.63, 3.8) is 0 Å². The topological polar surface area (TPSA) is 50.5 Å². The number of carbonyl (C=O) groups excluding carboxylic acids is 1. The van der Waals surface area contributed by atoms with Gasteiger partial charge in [-0.25, -0.2) is 9.97 Å². The van der Waals surface area contributed by atoms with E-state index >= 15 is 0 Å². The second-order valence-electron chi connectivity index (χ2n) is 7.44. The second kappa shape index (κ2) is 6.75. The van der Waals surface area contributed by atoms with Crippen LogP contribution in [0, 0.1) is 5.41 Å². The highest BCUT2D eigenvalue weighted by Gasteiger charge is 2.34. The van der Waals surface area contributed by atoms with E-state index in [-0.39, 0.29) is 11.3 Å². The lowest BCUT2D eigenvalue weighted by Gasteiger charge is -2.40. The zero-order valence-electron chi connectivity index (χ0n) is 14.8. The van der Waals surface area contributed by atoms with Gasteiger partial charge in [0.1, 0.15) is 0 Å². The number of fused-ring (bicyclic) bond motifs is 1. The van der Waals surface area contributed by atoms with Gasteiger partial charge in [0.15, 0.2) is 0 Å². The number of hydrogen-bond donors (Lipinski definition) is 0. The molecule has 3 rings (SSSR count). The first-order valence-electron chi connectivity index (χ1n) is 8.65. The van der Waals surface area contributed by atoms with Gasteiger partial charge in [-0.3, -0.25) is 9.20 Å². The number of nitrogens with zero attached hydrogens (tertiary/aromatic N) is 4. The van der Waals surface area contributed by atoms with Crippen molar-refractivity contribution in [1.29, 1.82) is 0 Å². The molecule has 0 radical (unpaired) electrons. The lowest BCUT2D eigenvalue weighted by atomic mass is 9.77. The molecule has 0 aliphatic carbocycles. The van der Waals surface area contributed by atoms with E-state index in [9.17, 15) is 4.79 Å². The first-order chi connectivity index (χ1) is 11.5. The summed E-state index contributed by atoms with van der Waals surface area (Å²) < 4.78 is 1.90. The van der Waals surface area contributed by atoms with Gasteiger partial charge in [-0.05, 0) is 44.6 Å². The lowest BCUT2D eigenvalue weighted by molar-refractivity contribution is -0.138. The number of rotatable bonds is 5. The summed E-state index contributed by atoms with van der Waals surface area (Å²) in [7, 11) is 0. The van der Waals surface area contributed by atoms with Crippen molar-refractivity contribution in [3.8, 4) is 0 Å². The van der Waals surface area contributed by atoms with E-state index < -0.39 is 0 Å². The first-order valence-corrected chi connectivity index (χ1v) is 8.65. The normalized spacial score (nSPS) is 21.3. The van der Waals surface area contributed by atoms with Crippen LogP contribution in [0.25, 0.3) is 5.78 Å². The van der Waals surface area contributed by atoms with Gasteiger partial charge in [0.2, 0.25) is 11.7 Å². The van der Waals surface area contributed by atoms with Gasteiger partial charge in [-0.2, -0.15) is 0 Å². The molecule has 1 saturated heterocycles. The molecule has 0 unspecified atom stereocenters. The summed E-state index contributed by atoms with van der Waals surface area (Å²) in [6.07, 6.45) is 11.7. The maximum atomic E-state index is 12.3. The Morgan fingerprint density at radius 1 is 1.42 bits per heavy atom. The maximum Gasteiger partial charge on any atom is 0.233 e. The van der Waals surface area contributed by atoms with Crippen LogP contribution in [0.4, 0.5) is 0 Å². The number of piperidine rings is 1. The zero-order valence-corrected chi connectivity index (χ0v) is 14.8. The largest absolute Gasteiger partial charge is 0.336 e. The van der Waals surface area contributed by atoms with E-state index in [4.69, 9.17) is 0 Å². The van der Waals surface area contributed by atoms with Crippen molar-refractivity contribution in [1.82, 2.24) is 19.3 Å². The predicted octanol–water partition coefficient (Wildman–Crippen LogP) is 3.60. The quantitative estimate of drug-likeness (QED) is 0.789. The minimum Gasteiger partial charge on any atom is -0.336 e. The number of allylic oxidation sites excluding steroid dienone is 2. The number of carbonyl (C=O) groups is 1. The van der Waals surface area contributed by atoms with Crippen LogP contribution in [0.3, 0.4) is 0 Å². The highest BCUT2D eigenvalue weighted by atomic mass is 16.2. The molecular weight excluding hydrogens is 300 g/mol. The Balaban J connectivity index is 1.69. The van der Waals surface area contributed by atoms with Gasteiger partial charge in [-0.1, -0.05) is 18.6 Å². The summed E-state index contributed by atoms with van der Waals surface area (Å²) in [6.45, 7) is 7.95. The third kappa shape index (κ3) is 3.83. The summed E-state index contributed by atoms with van der Waals surface area (Å²) >= 11 is 0. The number of hydrogen-bond acceptors (Lipinski definition) is 3. The Morgan fingerprint density at radius 2 is 2.25 bits per heavy atom. The van der Waals surface area contributed by atoms with E-state index in [0.717, 1.165) is 31.5 Å². The fraction of sp³-hybridized carbons (Fsp3) is 0.526. The van der Waals surface area contributed by atoms with E-state index in [2.05, 4.69) is 36.8 Å². The standard InChI is InChI=1S/C19H26N4O/c1-15(2)6-4-8-19(3)9-7-17(24)23(14-19)13-16-12-22-11-5-10-20-18(22)21-16/h5-6,10-12H,4,7-9,13-14H2,1-3H3/t19-/m1/s1. The molecule has 3 heterocycles. The summed E-state index contributed by atoms with van der Waals surface area (Å²) in [5, 5.41) is 0. The molecule has 1 atom stereocenters. The third-order valence-electron chi connectivity index (χ3n) is 4.81. The number of amides is 1. The fourth-order valence-electron chi connectivity index (χ4n) is 3.40. The first kappa shape index (κ1) is 16.7. The van der Waals surface area contributed by atoms with Crippen molar-refractivity contribution in [2.45, 2.75) is 53.0 Å². The average molecular weight is 326 g/mol. The van der Waals surface area contributed by atoms with E-state index in [0.29, 0.717) is 18.7 Å². The molecule has 1 aliphatic rings. The molecule has 5 nitrogen and oxygen atoms in total. The van der Waals surface area contributed by atoms with Gasteiger partial charge in [-0.15, -0.1) is 0 Å². The van der Waals surface area contributed by atoms with Gasteiger partial charge in [0.25, 0.3) is 0 Å². The molecule has 0 N–H and O–H groups in total. The van der Waals surface area contributed by atoms with Crippen molar-refractivity contribution in [2.75, 3.05) is 6.54 Å². The molecule has 1 aliphatic heterocycles. The average Bonchev–Trinajstić information content (AvgIpc) is 2.93. The van der Waals surface area contributed by atoms with Crippen molar-refractivity contribution in [3.05, 3.63) is 42.0 Å². The molecule has 0 aromatic carbocycles. The molecule has 24 heavy (non-hydrogen) atoms. The van der Waals surface area contributed by atoms with Crippen LogP contribution in [0.1, 0.15) is 52.1 Å². The molecule has 2 aromatic rings. The Bertz CT molecular complexity index is 727. The Morgan fingerprint density at radius 3 is 3.00 bits per heavy atom. The van der Waals surface area contributed by atoms with Crippen LogP contribution in [-0.4, -0.2) is 31.7 Å². The second-order valence-corrected chi connectivity index (χ2v) is 7.44. The zero-order chi connectivity index (χ0) is 17.2. The highest BCUT2D eigenvalue weighted by molar-refractivity contribution is 5.77. The van der Waals surface area contributed by atoms with Gasteiger partial charge >= 0.3 is 0 Å². The van der Waals surface area contributed by atoms with Crippen LogP contribution in [-0.2, 0) is 11.3 Å². The van der Waals surface area contributed by atoms with Crippen molar-refractivity contribution >= 4 is 11.7 Å². The molecule has 0 spiro atoms. The predicted molar refractivity (Wildman–Crippen MR) is 94.4 cm³/mol. The minimum atomic E-state index is 0.192.